The van der Waals surface area contributed by atoms with E-state index >= 15 is 0 Å². The van der Waals surface area contributed by atoms with Gasteiger partial charge in [-0.3, -0.25) is 0 Å². The van der Waals surface area contributed by atoms with Crippen molar-refractivity contribution in [3.63, 3.8) is 0 Å². The van der Waals surface area contributed by atoms with Crippen molar-refractivity contribution in [3.8, 4) is 0 Å². The largest absolute Gasteiger partial charge is 0.404 e. The SMILES string of the molecule is O=C(N[C@@H]1[C@@H]2CCO[C@@H]2C12CCC2)N1CCC(C(F)(F)F)(C(F)(F)F)C1. The van der Waals surface area contributed by atoms with E-state index in [4.69, 9.17) is 4.74 Å². The Balaban J connectivity index is 1.47. The molecule has 2 saturated heterocycles. The normalized spacial score (nSPS) is 35.0. The van der Waals surface area contributed by atoms with E-state index in [9.17, 15) is 31.1 Å². The summed E-state index contributed by atoms with van der Waals surface area (Å²) in [6, 6.07) is -1.05. The number of hydrogen-bond acceptors (Lipinski definition) is 2. The molecule has 0 aromatic rings. The number of halogens is 6. The fourth-order valence-corrected chi connectivity index (χ4v) is 5.29. The molecule has 2 heterocycles. The Labute approximate surface area is 146 Å². The van der Waals surface area contributed by atoms with Gasteiger partial charge in [-0.25, -0.2) is 4.79 Å². The number of carbonyl (C=O) groups excluding carboxylic acids is 1. The molecule has 2 aliphatic carbocycles. The van der Waals surface area contributed by atoms with Gasteiger partial charge in [-0.1, -0.05) is 6.42 Å². The summed E-state index contributed by atoms with van der Waals surface area (Å²) >= 11 is 0. The van der Waals surface area contributed by atoms with Gasteiger partial charge in [0.15, 0.2) is 5.41 Å². The second-order valence-electron chi connectivity index (χ2n) is 8.01. The highest BCUT2D eigenvalue weighted by Gasteiger charge is 2.73. The van der Waals surface area contributed by atoms with Gasteiger partial charge >= 0.3 is 18.4 Å². The smallest absolute Gasteiger partial charge is 0.377 e. The molecule has 3 atom stereocenters. The number of likely N-dealkylation sites (tertiary alicyclic amines) is 1. The van der Waals surface area contributed by atoms with Crippen LogP contribution < -0.4 is 5.32 Å². The van der Waals surface area contributed by atoms with E-state index in [-0.39, 0.29) is 23.5 Å². The molecule has 2 aliphatic heterocycles. The van der Waals surface area contributed by atoms with Crippen molar-refractivity contribution in [1.29, 1.82) is 0 Å². The van der Waals surface area contributed by atoms with Crippen molar-refractivity contribution in [2.45, 2.75) is 56.6 Å². The fourth-order valence-electron chi connectivity index (χ4n) is 5.29. The Hall–Kier alpha value is -1.19. The third-order valence-corrected chi connectivity index (χ3v) is 6.96. The first-order valence-electron chi connectivity index (χ1n) is 8.82. The minimum atomic E-state index is -5.45. The average Bonchev–Trinajstić information content (AvgIpc) is 3.07. The van der Waals surface area contributed by atoms with Gasteiger partial charge in [0.1, 0.15) is 0 Å². The molecule has 1 N–H and O–H groups in total. The van der Waals surface area contributed by atoms with E-state index in [1.165, 1.54) is 0 Å². The number of alkyl halides is 6. The van der Waals surface area contributed by atoms with Crippen LogP contribution in [0.1, 0.15) is 32.1 Å². The number of nitrogens with zero attached hydrogens (tertiary/aromatic N) is 1. The number of rotatable bonds is 1. The Kier molecular flexibility index (Phi) is 3.79. The molecule has 0 unspecified atom stereocenters. The molecule has 0 radical (unpaired) electrons. The fraction of sp³-hybridized carbons (Fsp3) is 0.938. The van der Waals surface area contributed by atoms with Gasteiger partial charge in [0.2, 0.25) is 0 Å². The lowest BCUT2D eigenvalue weighted by molar-refractivity contribution is -0.334. The second kappa shape index (κ2) is 5.42. The van der Waals surface area contributed by atoms with Crippen molar-refractivity contribution in [1.82, 2.24) is 10.2 Å². The zero-order chi connectivity index (χ0) is 19.0. The Bertz CT molecular complexity index is 587. The third-order valence-electron chi connectivity index (χ3n) is 6.96. The van der Waals surface area contributed by atoms with Gasteiger partial charge in [0, 0.05) is 37.1 Å². The molecule has 10 heteroatoms. The first-order chi connectivity index (χ1) is 12.0. The molecule has 2 saturated carbocycles. The maximum Gasteiger partial charge on any atom is 0.404 e. The van der Waals surface area contributed by atoms with Gasteiger partial charge < -0.3 is 15.0 Å². The molecule has 0 aromatic carbocycles. The van der Waals surface area contributed by atoms with Gasteiger partial charge in [-0.15, -0.1) is 0 Å². The predicted molar refractivity (Wildman–Crippen MR) is 77.2 cm³/mol. The third kappa shape index (κ3) is 2.23. The van der Waals surface area contributed by atoms with Gasteiger partial charge in [-0.2, -0.15) is 26.3 Å². The van der Waals surface area contributed by atoms with E-state index in [1.807, 2.05) is 0 Å². The Morgan fingerprint density at radius 1 is 1.08 bits per heavy atom. The zero-order valence-electron chi connectivity index (χ0n) is 13.9. The standard InChI is InChI=1S/C16H20F6N2O2/c17-15(18,19)14(16(20,21)22)5-6-24(8-14)12(25)23-10-9-2-7-26-11(9)13(10)3-1-4-13/h9-11H,1-8H2,(H,23,25)/t9-,10+,11-/m0/s1. The summed E-state index contributed by atoms with van der Waals surface area (Å²) in [5, 5.41) is 2.74. The van der Waals surface area contributed by atoms with Crippen LogP contribution in [0.4, 0.5) is 31.1 Å². The molecule has 0 bridgehead atoms. The molecule has 4 aliphatic rings. The number of amides is 2. The Morgan fingerprint density at radius 2 is 1.73 bits per heavy atom. The van der Waals surface area contributed by atoms with Crippen LogP contribution >= 0.6 is 0 Å². The minimum absolute atomic E-state index is 0.0598. The van der Waals surface area contributed by atoms with Gasteiger partial charge in [0.05, 0.1) is 6.10 Å². The number of hydrogen-bond donors (Lipinski definition) is 1. The minimum Gasteiger partial charge on any atom is -0.377 e. The van der Waals surface area contributed by atoms with Crippen LogP contribution in [0.5, 0.6) is 0 Å². The molecule has 1 spiro atoms. The molecule has 4 rings (SSSR count). The van der Waals surface area contributed by atoms with Crippen LogP contribution in [0, 0.1) is 16.7 Å². The van der Waals surface area contributed by atoms with Crippen molar-refractivity contribution < 1.29 is 35.9 Å². The molecule has 4 nitrogen and oxygen atoms in total. The summed E-state index contributed by atoms with van der Waals surface area (Å²) in [5.74, 6) is 0.108. The van der Waals surface area contributed by atoms with E-state index in [0.717, 1.165) is 25.7 Å². The summed E-state index contributed by atoms with van der Waals surface area (Å²) in [7, 11) is 0. The van der Waals surface area contributed by atoms with E-state index in [2.05, 4.69) is 5.32 Å². The van der Waals surface area contributed by atoms with E-state index in [1.54, 1.807) is 0 Å². The van der Waals surface area contributed by atoms with Crippen molar-refractivity contribution in [2.24, 2.45) is 16.7 Å². The monoisotopic (exact) mass is 386 g/mol. The van der Waals surface area contributed by atoms with Crippen LogP contribution in [0.3, 0.4) is 0 Å². The highest BCUT2D eigenvalue weighted by atomic mass is 19.4. The zero-order valence-corrected chi connectivity index (χ0v) is 13.9. The lowest BCUT2D eigenvalue weighted by Gasteiger charge is -2.63. The number of carbonyl (C=O) groups is 1. The van der Waals surface area contributed by atoms with Crippen molar-refractivity contribution in [2.75, 3.05) is 19.7 Å². The maximum absolute atomic E-state index is 13.2. The highest BCUT2D eigenvalue weighted by molar-refractivity contribution is 5.75. The second-order valence-corrected chi connectivity index (χ2v) is 8.01. The van der Waals surface area contributed by atoms with Crippen LogP contribution in [0.15, 0.2) is 0 Å². The maximum atomic E-state index is 13.2. The molecule has 4 fully saturated rings. The number of ether oxygens (including phenoxy) is 1. The van der Waals surface area contributed by atoms with Crippen LogP contribution in [0.25, 0.3) is 0 Å². The first kappa shape index (κ1) is 18.2. The summed E-state index contributed by atoms with van der Waals surface area (Å²) in [6.45, 7) is -1.36. The first-order valence-corrected chi connectivity index (χ1v) is 8.82. The Morgan fingerprint density at radius 3 is 2.23 bits per heavy atom. The van der Waals surface area contributed by atoms with Crippen molar-refractivity contribution in [3.05, 3.63) is 0 Å². The molecule has 148 valence electrons. The average molecular weight is 386 g/mol. The number of nitrogens with one attached hydrogen (secondary N) is 1. The highest BCUT2D eigenvalue weighted by Crippen LogP contribution is 2.63. The van der Waals surface area contributed by atoms with Crippen molar-refractivity contribution >= 4 is 6.03 Å². The topological polar surface area (TPSA) is 41.6 Å². The van der Waals surface area contributed by atoms with Crippen LogP contribution in [-0.4, -0.2) is 55.1 Å². The van der Waals surface area contributed by atoms with Crippen LogP contribution in [0.2, 0.25) is 0 Å². The van der Waals surface area contributed by atoms with Crippen LogP contribution in [-0.2, 0) is 4.74 Å². The summed E-state index contributed by atoms with van der Waals surface area (Å²) < 4.78 is 84.6. The molecular weight excluding hydrogens is 366 g/mol. The quantitative estimate of drug-likeness (QED) is 0.702. The molecule has 0 aromatic heterocycles. The number of fused-ring (bicyclic) bond motifs is 2. The summed E-state index contributed by atoms with van der Waals surface area (Å²) in [6.07, 6.45) is -8.50. The lowest BCUT2D eigenvalue weighted by atomic mass is 9.46. The predicted octanol–water partition coefficient (Wildman–Crippen LogP) is 3.47. The van der Waals surface area contributed by atoms with Gasteiger partial charge in [0.25, 0.3) is 0 Å². The molecule has 2 amide bonds. The number of urea groups is 1. The molecular formula is C16H20F6N2O2. The van der Waals surface area contributed by atoms with Gasteiger partial charge in [-0.05, 0) is 25.7 Å². The van der Waals surface area contributed by atoms with E-state index < -0.39 is 43.3 Å². The van der Waals surface area contributed by atoms with E-state index in [0.29, 0.717) is 11.5 Å². The lowest BCUT2D eigenvalue weighted by Crippen LogP contribution is -2.72. The summed E-state index contributed by atoms with van der Waals surface area (Å²) in [4.78, 5) is 13.1. The molecule has 26 heavy (non-hydrogen) atoms. The summed E-state index contributed by atoms with van der Waals surface area (Å²) in [5.41, 5.74) is -4.02.